The molecule has 0 aromatic heterocycles. The van der Waals surface area contributed by atoms with Crippen molar-refractivity contribution in [3.8, 4) is 5.75 Å². The Balaban J connectivity index is 1.29. The number of carbonyl (C=O) groups excluding carboxylic acids is 1. The van der Waals surface area contributed by atoms with Crippen LogP contribution in [0, 0.1) is 0 Å². The van der Waals surface area contributed by atoms with Gasteiger partial charge in [0.2, 0.25) is 0 Å². The third kappa shape index (κ3) is 3.17. The number of hydrogen-bond donors (Lipinski definition) is 1. The number of nitrogens with zero attached hydrogens (tertiary/aromatic N) is 2. The average molecular weight is 331 g/mol. The highest BCUT2D eigenvalue weighted by atomic mass is 16.7. The van der Waals surface area contributed by atoms with Crippen molar-refractivity contribution in [1.82, 2.24) is 10.4 Å². The van der Waals surface area contributed by atoms with Gasteiger partial charge in [0, 0.05) is 12.8 Å². The van der Waals surface area contributed by atoms with E-state index in [0.717, 1.165) is 42.9 Å². The predicted octanol–water partition coefficient (Wildman–Crippen LogP) is 1.85. The zero-order valence-electron chi connectivity index (χ0n) is 13.5. The molecule has 1 N–H and O–H groups in total. The molecule has 0 spiro atoms. The summed E-state index contributed by atoms with van der Waals surface area (Å²) in [6.45, 7) is 2.40. The van der Waals surface area contributed by atoms with Crippen LogP contribution in [-0.2, 0) is 16.1 Å². The number of nitrogens with one attached hydrogen (secondary N) is 1. The SMILES string of the molecule is O=C(NCC1CC(c2ccc3c(c2)CCO3)=NO1)N1CCCCO1. The predicted molar refractivity (Wildman–Crippen MR) is 87.0 cm³/mol. The van der Waals surface area contributed by atoms with Gasteiger partial charge in [0.25, 0.3) is 0 Å². The van der Waals surface area contributed by atoms with E-state index in [2.05, 4.69) is 16.5 Å². The second-order valence-corrected chi connectivity index (χ2v) is 6.22. The standard InChI is InChI=1S/C17H21N3O4/c21-17(20-6-1-2-7-23-20)18-11-14-10-15(19-24-14)12-3-4-16-13(9-12)5-8-22-16/h3-4,9,14H,1-2,5-8,10-11H2,(H,18,21). The van der Waals surface area contributed by atoms with Crippen LogP contribution in [-0.4, -0.2) is 49.2 Å². The molecule has 3 heterocycles. The lowest BCUT2D eigenvalue weighted by molar-refractivity contribution is -0.139. The Hall–Kier alpha value is -2.28. The molecule has 1 aromatic rings. The summed E-state index contributed by atoms with van der Waals surface area (Å²) in [5.74, 6) is 0.962. The number of hydroxylamine groups is 2. The van der Waals surface area contributed by atoms with E-state index in [0.29, 0.717) is 26.1 Å². The van der Waals surface area contributed by atoms with Crippen molar-refractivity contribution in [3.05, 3.63) is 29.3 Å². The van der Waals surface area contributed by atoms with E-state index in [1.165, 1.54) is 10.6 Å². The molecule has 0 saturated carbocycles. The number of amides is 2. The monoisotopic (exact) mass is 331 g/mol. The first-order valence-corrected chi connectivity index (χ1v) is 8.47. The topological polar surface area (TPSA) is 72.4 Å². The molecular formula is C17H21N3O4. The minimum atomic E-state index is -0.207. The summed E-state index contributed by atoms with van der Waals surface area (Å²) < 4.78 is 5.52. The van der Waals surface area contributed by atoms with Crippen molar-refractivity contribution in [2.75, 3.05) is 26.3 Å². The van der Waals surface area contributed by atoms with Crippen LogP contribution < -0.4 is 10.1 Å². The Labute approximate surface area is 140 Å². The molecule has 4 rings (SSSR count). The third-order valence-corrected chi connectivity index (χ3v) is 4.47. The average Bonchev–Trinajstić information content (AvgIpc) is 3.29. The molecule has 24 heavy (non-hydrogen) atoms. The Morgan fingerprint density at radius 1 is 1.33 bits per heavy atom. The van der Waals surface area contributed by atoms with Gasteiger partial charge < -0.3 is 14.9 Å². The van der Waals surface area contributed by atoms with Crippen LogP contribution in [0.4, 0.5) is 4.79 Å². The van der Waals surface area contributed by atoms with E-state index in [9.17, 15) is 4.79 Å². The van der Waals surface area contributed by atoms with E-state index in [4.69, 9.17) is 14.4 Å². The fourth-order valence-corrected chi connectivity index (χ4v) is 3.12. The van der Waals surface area contributed by atoms with Gasteiger partial charge in [-0.05, 0) is 42.2 Å². The number of benzene rings is 1. The van der Waals surface area contributed by atoms with Crippen molar-refractivity contribution >= 4 is 11.7 Å². The number of ether oxygens (including phenoxy) is 1. The Morgan fingerprint density at radius 2 is 2.29 bits per heavy atom. The van der Waals surface area contributed by atoms with Gasteiger partial charge in [0.15, 0.2) is 6.10 Å². The summed E-state index contributed by atoms with van der Waals surface area (Å²) in [7, 11) is 0. The highest BCUT2D eigenvalue weighted by Gasteiger charge is 2.25. The Kier molecular flexibility index (Phi) is 4.25. The van der Waals surface area contributed by atoms with Gasteiger partial charge in [0.05, 0.1) is 32.0 Å². The van der Waals surface area contributed by atoms with Crippen molar-refractivity contribution < 1.29 is 19.2 Å². The van der Waals surface area contributed by atoms with Crippen LogP contribution in [0.1, 0.15) is 30.4 Å². The van der Waals surface area contributed by atoms with Gasteiger partial charge in [-0.15, -0.1) is 0 Å². The van der Waals surface area contributed by atoms with Gasteiger partial charge in [-0.3, -0.25) is 4.84 Å². The Morgan fingerprint density at radius 3 is 3.17 bits per heavy atom. The summed E-state index contributed by atoms with van der Waals surface area (Å²) in [5.41, 5.74) is 3.19. The van der Waals surface area contributed by atoms with Gasteiger partial charge in [0.1, 0.15) is 5.75 Å². The molecule has 0 bridgehead atoms. The molecule has 7 nitrogen and oxygen atoms in total. The van der Waals surface area contributed by atoms with E-state index in [1.54, 1.807) is 0 Å². The number of urea groups is 1. The second kappa shape index (κ2) is 6.68. The van der Waals surface area contributed by atoms with E-state index in [1.807, 2.05) is 12.1 Å². The van der Waals surface area contributed by atoms with E-state index < -0.39 is 0 Å². The first kappa shape index (κ1) is 15.3. The van der Waals surface area contributed by atoms with Crippen LogP contribution >= 0.6 is 0 Å². The molecule has 1 unspecified atom stereocenters. The van der Waals surface area contributed by atoms with Crippen LogP contribution in [0.2, 0.25) is 0 Å². The maximum atomic E-state index is 12.0. The van der Waals surface area contributed by atoms with Gasteiger partial charge in [-0.25, -0.2) is 9.86 Å². The zero-order valence-corrected chi connectivity index (χ0v) is 13.5. The van der Waals surface area contributed by atoms with Gasteiger partial charge >= 0.3 is 6.03 Å². The van der Waals surface area contributed by atoms with Crippen molar-refractivity contribution in [1.29, 1.82) is 0 Å². The maximum absolute atomic E-state index is 12.0. The first-order valence-electron chi connectivity index (χ1n) is 8.47. The number of oxime groups is 1. The molecule has 1 fully saturated rings. The molecule has 0 aliphatic carbocycles. The number of rotatable bonds is 3. The van der Waals surface area contributed by atoms with Crippen LogP contribution in [0.15, 0.2) is 23.4 Å². The molecule has 1 saturated heterocycles. The molecular weight excluding hydrogens is 310 g/mol. The molecule has 2 amide bonds. The Bertz CT molecular complexity index is 655. The largest absolute Gasteiger partial charge is 0.493 e. The van der Waals surface area contributed by atoms with E-state index >= 15 is 0 Å². The minimum absolute atomic E-state index is 0.141. The van der Waals surface area contributed by atoms with Gasteiger partial charge in [-0.1, -0.05) is 5.16 Å². The van der Waals surface area contributed by atoms with Crippen molar-refractivity contribution in [2.45, 2.75) is 31.8 Å². The number of fused-ring (bicyclic) bond motifs is 1. The lowest BCUT2D eigenvalue weighted by Gasteiger charge is -2.26. The van der Waals surface area contributed by atoms with Crippen molar-refractivity contribution in [2.24, 2.45) is 5.16 Å². The third-order valence-electron chi connectivity index (χ3n) is 4.47. The number of hydrogen-bond acceptors (Lipinski definition) is 5. The highest BCUT2D eigenvalue weighted by Crippen LogP contribution is 2.27. The minimum Gasteiger partial charge on any atom is -0.493 e. The first-order chi connectivity index (χ1) is 11.8. The second-order valence-electron chi connectivity index (χ2n) is 6.22. The molecule has 0 radical (unpaired) electrons. The lowest BCUT2D eigenvalue weighted by Crippen LogP contribution is -2.45. The summed E-state index contributed by atoms with van der Waals surface area (Å²) in [6.07, 6.45) is 3.45. The highest BCUT2D eigenvalue weighted by molar-refractivity contribution is 6.01. The summed E-state index contributed by atoms with van der Waals surface area (Å²) in [5, 5.41) is 8.42. The molecule has 3 aliphatic heterocycles. The lowest BCUT2D eigenvalue weighted by atomic mass is 10.0. The molecule has 1 aromatic carbocycles. The smallest absolute Gasteiger partial charge is 0.341 e. The quantitative estimate of drug-likeness (QED) is 0.917. The zero-order chi connectivity index (χ0) is 16.4. The molecule has 1 atom stereocenters. The summed E-state index contributed by atoms with van der Waals surface area (Å²) >= 11 is 0. The molecule has 3 aliphatic rings. The maximum Gasteiger partial charge on any atom is 0.341 e. The van der Waals surface area contributed by atoms with Gasteiger partial charge in [-0.2, -0.15) is 0 Å². The van der Waals surface area contributed by atoms with E-state index in [-0.39, 0.29) is 12.1 Å². The van der Waals surface area contributed by atoms with Crippen molar-refractivity contribution in [3.63, 3.8) is 0 Å². The van der Waals surface area contributed by atoms with Crippen LogP contribution in [0.5, 0.6) is 5.75 Å². The summed E-state index contributed by atoms with van der Waals surface area (Å²) in [6, 6.07) is 5.91. The molecule has 128 valence electrons. The fourth-order valence-electron chi connectivity index (χ4n) is 3.12. The fraction of sp³-hybridized carbons (Fsp3) is 0.529. The van der Waals surface area contributed by atoms with Crippen LogP contribution in [0.25, 0.3) is 0 Å². The normalized spacial score (nSPS) is 22.4. The summed E-state index contributed by atoms with van der Waals surface area (Å²) in [4.78, 5) is 22.8. The number of carbonyl (C=O) groups is 1. The van der Waals surface area contributed by atoms with Crippen LogP contribution in [0.3, 0.4) is 0 Å². The molecule has 7 heteroatoms.